The Morgan fingerprint density at radius 3 is 2.64 bits per heavy atom. The van der Waals surface area contributed by atoms with Crippen LogP contribution < -0.4 is 15.5 Å². The van der Waals surface area contributed by atoms with Crippen molar-refractivity contribution in [2.75, 3.05) is 28.6 Å². The minimum Gasteiger partial charge on any atom is -0.392 e. The van der Waals surface area contributed by atoms with Crippen molar-refractivity contribution < 1.29 is 19.5 Å². The maximum atomic E-state index is 12.8. The van der Waals surface area contributed by atoms with Crippen LogP contribution in [0.15, 0.2) is 60.8 Å². The van der Waals surface area contributed by atoms with Crippen molar-refractivity contribution in [1.29, 1.82) is 0 Å². The van der Waals surface area contributed by atoms with Crippen LogP contribution in [0.5, 0.6) is 0 Å². The number of benzene rings is 2. The molecule has 0 spiro atoms. The van der Waals surface area contributed by atoms with E-state index in [0.29, 0.717) is 29.2 Å². The Kier molecular flexibility index (Phi) is 5.15. The van der Waals surface area contributed by atoms with Crippen molar-refractivity contribution in [2.45, 2.75) is 6.61 Å². The first kappa shape index (κ1) is 20.5. The molecule has 0 atom stereocenters. The number of H-pyrrole nitrogens is 1. The molecule has 4 N–H and O–H groups in total. The van der Waals surface area contributed by atoms with Gasteiger partial charge in [-0.25, -0.2) is 14.5 Å². The summed E-state index contributed by atoms with van der Waals surface area (Å²) >= 11 is 0. The van der Waals surface area contributed by atoms with E-state index < -0.39 is 12.1 Å². The minimum absolute atomic E-state index is 0.0762. The number of imide groups is 1. The van der Waals surface area contributed by atoms with Gasteiger partial charge in [-0.15, -0.1) is 0 Å². The van der Waals surface area contributed by atoms with E-state index in [2.05, 4.69) is 15.6 Å². The first-order valence-corrected chi connectivity index (χ1v) is 10.4. The second-order valence-corrected chi connectivity index (χ2v) is 7.74. The van der Waals surface area contributed by atoms with Gasteiger partial charge in [-0.1, -0.05) is 18.2 Å². The van der Waals surface area contributed by atoms with Gasteiger partial charge >= 0.3 is 12.1 Å². The molecule has 0 radical (unpaired) electrons. The van der Waals surface area contributed by atoms with Gasteiger partial charge in [0.05, 0.1) is 24.4 Å². The van der Waals surface area contributed by atoms with Crippen LogP contribution in [0.4, 0.5) is 26.7 Å². The fourth-order valence-electron chi connectivity index (χ4n) is 3.94. The number of rotatable bonds is 4. The van der Waals surface area contributed by atoms with Gasteiger partial charge in [0.15, 0.2) is 0 Å². The Labute approximate surface area is 189 Å². The molecule has 3 aromatic rings. The van der Waals surface area contributed by atoms with Crippen LogP contribution in [0.2, 0.25) is 0 Å². The lowest BCUT2D eigenvalue weighted by Gasteiger charge is -2.18. The number of amides is 5. The summed E-state index contributed by atoms with van der Waals surface area (Å²) in [6.45, 7) is 0.544. The third-order valence-electron chi connectivity index (χ3n) is 5.66. The maximum absolute atomic E-state index is 12.8. The van der Waals surface area contributed by atoms with E-state index in [1.165, 1.54) is 4.90 Å². The Bertz CT molecular complexity index is 1260. The van der Waals surface area contributed by atoms with Gasteiger partial charge in [-0.05, 0) is 48.0 Å². The van der Waals surface area contributed by atoms with Crippen LogP contribution in [0, 0.1) is 0 Å². The predicted octanol–water partition coefficient (Wildman–Crippen LogP) is 3.47. The number of anilines is 3. The summed E-state index contributed by atoms with van der Waals surface area (Å²) < 4.78 is 0. The van der Waals surface area contributed by atoms with Crippen molar-refractivity contribution in [3.63, 3.8) is 0 Å². The third-order valence-corrected chi connectivity index (χ3v) is 5.66. The number of aliphatic hydroxyl groups is 1. The number of nitrogens with one attached hydrogen (secondary N) is 3. The number of fused-ring (bicyclic) bond motifs is 1. The SMILES string of the molecule is O=C1Nc2cc(NC(=O)N3CCN(c4ccc(CO)cc4)C3=O)ccc2C1=Cc1ccc[nH]1. The molecule has 1 aromatic heterocycles. The molecular weight excluding hydrogens is 422 g/mol. The van der Waals surface area contributed by atoms with Crippen molar-refractivity contribution in [3.8, 4) is 0 Å². The summed E-state index contributed by atoms with van der Waals surface area (Å²) in [4.78, 5) is 43.7. The average Bonchev–Trinajstić information content (AvgIpc) is 3.54. The van der Waals surface area contributed by atoms with E-state index in [1.807, 2.05) is 12.1 Å². The van der Waals surface area contributed by atoms with Crippen molar-refractivity contribution >= 4 is 46.7 Å². The largest absolute Gasteiger partial charge is 0.392 e. The topological polar surface area (TPSA) is 118 Å². The van der Waals surface area contributed by atoms with E-state index in [9.17, 15) is 19.5 Å². The smallest absolute Gasteiger partial charge is 0.332 e. The van der Waals surface area contributed by atoms with Crippen molar-refractivity contribution in [3.05, 3.63) is 77.6 Å². The summed E-state index contributed by atoms with van der Waals surface area (Å²) in [6.07, 6.45) is 3.55. The number of aromatic nitrogens is 1. The predicted molar refractivity (Wildman–Crippen MR) is 125 cm³/mol. The van der Waals surface area contributed by atoms with Gasteiger partial charge in [0.2, 0.25) is 0 Å². The van der Waals surface area contributed by atoms with E-state index >= 15 is 0 Å². The average molecular weight is 443 g/mol. The monoisotopic (exact) mass is 443 g/mol. The van der Waals surface area contributed by atoms with Gasteiger partial charge in [0.25, 0.3) is 5.91 Å². The molecule has 2 aliphatic rings. The molecular formula is C24H21N5O4. The lowest BCUT2D eigenvalue weighted by molar-refractivity contribution is -0.110. The lowest BCUT2D eigenvalue weighted by atomic mass is 10.1. The molecule has 2 aromatic carbocycles. The molecule has 9 heteroatoms. The van der Waals surface area contributed by atoms with Gasteiger partial charge < -0.3 is 20.7 Å². The lowest BCUT2D eigenvalue weighted by Crippen LogP contribution is -2.39. The summed E-state index contributed by atoms with van der Waals surface area (Å²) in [5.74, 6) is -0.222. The van der Waals surface area contributed by atoms with E-state index in [-0.39, 0.29) is 19.1 Å². The maximum Gasteiger partial charge on any atom is 0.332 e. The molecule has 0 unspecified atom stereocenters. The molecule has 5 amide bonds. The molecule has 0 saturated carbocycles. The molecule has 0 bridgehead atoms. The van der Waals surface area contributed by atoms with Crippen LogP contribution in [-0.4, -0.2) is 46.0 Å². The highest BCUT2D eigenvalue weighted by atomic mass is 16.3. The highest BCUT2D eigenvalue weighted by Crippen LogP contribution is 2.35. The number of aliphatic hydroxyl groups excluding tert-OH is 1. The Morgan fingerprint density at radius 1 is 1.09 bits per heavy atom. The first-order valence-electron chi connectivity index (χ1n) is 10.4. The molecule has 0 aliphatic carbocycles. The molecule has 33 heavy (non-hydrogen) atoms. The van der Waals surface area contributed by atoms with Gasteiger partial charge in [0, 0.05) is 35.4 Å². The minimum atomic E-state index is -0.541. The summed E-state index contributed by atoms with van der Waals surface area (Å²) in [7, 11) is 0. The number of hydrogen-bond donors (Lipinski definition) is 4. The first-order chi connectivity index (χ1) is 16.0. The highest BCUT2D eigenvalue weighted by molar-refractivity contribution is 6.35. The number of aromatic amines is 1. The van der Waals surface area contributed by atoms with Crippen molar-refractivity contribution in [1.82, 2.24) is 9.88 Å². The number of urea groups is 2. The van der Waals surface area contributed by atoms with Crippen LogP contribution in [-0.2, 0) is 11.4 Å². The van der Waals surface area contributed by atoms with E-state index in [1.54, 1.807) is 54.7 Å². The molecule has 1 fully saturated rings. The number of nitrogens with zero attached hydrogens (tertiary/aromatic N) is 2. The fourth-order valence-corrected chi connectivity index (χ4v) is 3.94. The normalized spacial score (nSPS) is 16.3. The summed E-state index contributed by atoms with van der Waals surface area (Å²) in [5.41, 5.74) is 4.55. The van der Waals surface area contributed by atoms with Gasteiger partial charge in [0.1, 0.15) is 0 Å². The van der Waals surface area contributed by atoms with E-state index in [0.717, 1.165) is 21.7 Å². The number of hydrogen-bond acceptors (Lipinski definition) is 4. The quantitative estimate of drug-likeness (QED) is 0.462. The molecule has 9 nitrogen and oxygen atoms in total. The van der Waals surface area contributed by atoms with Gasteiger partial charge in [-0.3, -0.25) is 9.69 Å². The Balaban J connectivity index is 1.29. The van der Waals surface area contributed by atoms with Crippen molar-refractivity contribution in [2.24, 2.45) is 0 Å². The zero-order valence-corrected chi connectivity index (χ0v) is 17.5. The molecule has 3 heterocycles. The van der Waals surface area contributed by atoms with Crippen LogP contribution >= 0.6 is 0 Å². The molecule has 2 aliphatic heterocycles. The second-order valence-electron chi connectivity index (χ2n) is 7.74. The highest BCUT2D eigenvalue weighted by Gasteiger charge is 2.34. The van der Waals surface area contributed by atoms with Crippen LogP contribution in [0.1, 0.15) is 16.8 Å². The Morgan fingerprint density at radius 2 is 1.91 bits per heavy atom. The van der Waals surface area contributed by atoms with Gasteiger partial charge in [-0.2, -0.15) is 0 Å². The van der Waals surface area contributed by atoms with Crippen LogP contribution in [0.25, 0.3) is 11.6 Å². The number of carbonyl (C=O) groups is 3. The molecule has 166 valence electrons. The third kappa shape index (κ3) is 3.85. The molecule has 1 saturated heterocycles. The number of carbonyl (C=O) groups excluding carboxylic acids is 3. The summed E-state index contributed by atoms with van der Waals surface area (Å²) in [6, 6.07) is 14.9. The van der Waals surface area contributed by atoms with E-state index in [4.69, 9.17) is 0 Å². The second kappa shape index (κ2) is 8.29. The zero-order valence-electron chi connectivity index (χ0n) is 17.5. The molecule has 5 rings (SSSR count). The summed E-state index contributed by atoms with van der Waals surface area (Å²) in [5, 5.41) is 14.7. The standard InChI is InChI=1S/C24H21N5O4/c30-14-15-3-6-18(7-4-15)28-10-11-29(24(28)33)23(32)26-17-5-8-19-20(12-16-2-1-9-25-16)22(31)27-21(19)13-17/h1-9,12-13,25,30H,10-11,14H2,(H,26,32)(H,27,31). The fraction of sp³-hybridized carbons (Fsp3) is 0.125. The zero-order chi connectivity index (χ0) is 22.9. The Hall–Kier alpha value is -4.37. The van der Waals surface area contributed by atoms with Crippen LogP contribution in [0.3, 0.4) is 0 Å².